The van der Waals surface area contributed by atoms with Gasteiger partial charge in [-0.15, -0.1) is 0 Å². The number of nitrogens with zero attached hydrogens (tertiary/aromatic N) is 1. The lowest BCUT2D eigenvalue weighted by Crippen LogP contribution is -2.57. The van der Waals surface area contributed by atoms with Crippen molar-refractivity contribution in [2.24, 2.45) is 0 Å². The molecule has 1 aliphatic rings. The Kier molecular flexibility index (Phi) is 4.62. The van der Waals surface area contributed by atoms with Crippen LogP contribution < -0.4 is 5.32 Å². The molecular formula is C14H15FN2O3S. The molecule has 2 atom stereocenters. The first-order valence-corrected chi connectivity index (χ1v) is 7.67. The van der Waals surface area contributed by atoms with Gasteiger partial charge < -0.3 is 0 Å². The second-order valence-electron chi connectivity index (χ2n) is 4.77. The fraction of sp³-hybridized carbons (Fsp3) is 0.357. The highest BCUT2D eigenvalue weighted by Gasteiger charge is 2.41. The smallest absolute Gasteiger partial charge is 0.277 e. The van der Waals surface area contributed by atoms with Gasteiger partial charge in [0, 0.05) is 11.8 Å². The number of rotatable bonds is 4. The minimum Gasteiger partial charge on any atom is -0.277 e. The molecule has 112 valence electrons. The summed E-state index contributed by atoms with van der Waals surface area (Å²) in [5, 5.41) is 2.23. The highest BCUT2D eigenvalue weighted by Crippen LogP contribution is 2.24. The third-order valence-electron chi connectivity index (χ3n) is 3.30. The lowest BCUT2D eigenvalue weighted by Gasteiger charge is -2.31. The van der Waals surface area contributed by atoms with Crippen molar-refractivity contribution in [2.75, 3.05) is 12.8 Å². The second-order valence-corrected chi connectivity index (χ2v) is 6.05. The maximum Gasteiger partial charge on any atom is 0.330 e. The predicted molar refractivity (Wildman–Crippen MR) is 77.4 cm³/mol. The van der Waals surface area contributed by atoms with E-state index >= 15 is 0 Å². The molecule has 1 N–H and O–H groups in total. The van der Waals surface area contributed by atoms with E-state index in [2.05, 4.69) is 5.32 Å². The number of urea groups is 1. The quantitative estimate of drug-likeness (QED) is 0.860. The van der Waals surface area contributed by atoms with Gasteiger partial charge in [0.25, 0.3) is 0 Å². The van der Waals surface area contributed by atoms with E-state index in [1.165, 1.54) is 36.0 Å². The van der Waals surface area contributed by atoms with Gasteiger partial charge in [0.05, 0.1) is 0 Å². The van der Waals surface area contributed by atoms with Crippen molar-refractivity contribution in [1.82, 2.24) is 10.2 Å². The molecule has 0 aliphatic carbocycles. The maximum absolute atomic E-state index is 13.0. The summed E-state index contributed by atoms with van der Waals surface area (Å²) in [7, 11) is 0. The number of carbonyl (C=O) groups excluding carboxylic acids is 3. The average molecular weight is 310 g/mol. The summed E-state index contributed by atoms with van der Waals surface area (Å²) in [6.07, 6.45) is 1.87. The molecule has 1 aromatic rings. The summed E-state index contributed by atoms with van der Waals surface area (Å²) in [5.74, 6) is -2.82. The van der Waals surface area contributed by atoms with E-state index in [-0.39, 0.29) is 11.8 Å². The van der Waals surface area contributed by atoms with Gasteiger partial charge in [0.1, 0.15) is 11.7 Å². The first-order valence-electron chi connectivity index (χ1n) is 6.38. The van der Waals surface area contributed by atoms with Gasteiger partial charge in [0.15, 0.2) is 0 Å². The van der Waals surface area contributed by atoms with E-state index in [1.54, 1.807) is 0 Å². The number of halogens is 1. The molecule has 1 aliphatic heterocycles. The van der Waals surface area contributed by atoms with E-state index in [9.17, 15) is 18.8 Å². The predicted octanol–water partition coefficient (Wildman–Crippen LogP) is 1.74. The Labute approximate surface area is 125 Å². The van der Waals surface area contributed by atoms with Crippen LogP contribution in [-0.4, -0.2) is 40.8 Å². The van der Waals surface area contributed by atoms with E-state index < -0.39 is 29.6 Å². The molecule has 1 fully saturated rings. The van der Waals surface area contributed by atoms with Crippen LogP contribution in [0.1, 0.15) is 18.4 Å². The third-order valence-corrected chi connectivity index (χ3v) is 4.25. The molecule has 0 bridgehead atoms. The molecule has 2 rings (SSSR count). The molecule has 5 nitrogen and oxygen atoms in total. The standard InChI is InChI=1S/C14H15FN2O3S/c1-8(21-2)7-17-13(19)11(12(18)16-14(17)20)9-3-5-10(15)6-4-9/h3-6,8,11H,7H2,1-2H3,(H,16,18,20). The third kappa shape index (κ3) is 3.24. The Morgan fingerprint density at radius 2 is 1.90 bits per heavy atom. The van der Waals surface area contributed by atoms with E-state index in [0.717, 1.165) is 4.90 Å². The molecule has 1 aromatic carbocycles. The Balaban J connectivity index is 2.28. The van der Waals surface area contributed by atoms with Gasteiger partial charge in [-0.05, 0) is 24.0 Å². The van der Waals surface area contributed by atoms with E-state index in [1.807, 2.05) is 13.2 Å². The highest BCUT2D eigenvalue weighted by molar-refractivity contribution is 7.99. The highest BCUT2D eigenvalue weighted by atomic mass is 32.2. The minimum absolute atomic E-state index is 0.0572. The number of amides is 4. The number of imide groups is 2. The van der Waals surface area contributed by atoms with E-state index in [0.29, 0.717) is 5.56 Å². The Bertz CT molecular complexity index is 576. The van der Waals surface area contributed by atoms with Gasteiger partial charge in [-0.1, -0.05) is 19.1 Å². The average Bonchev–Trinajstić information content (AvgIpc) is 2.45. The van der Waals surface area contributed by atoms with Crippen molar-refractivity contribution in [3.05, 3.63) is 35.6 Å². The van der Waals surface area contributed by atoms with Crippen LogP contribution in [0.15, 0.2) is 24.3 Å². The number of barbiturate groups is 1. The largest absolute Gasteiger partial charge is 0.330 e. The topological polar surface area (TPSA) is 66.5 Å². The van der Waals surface area contributed by atoms with Crippen LogP contribution >= 0.6 is 11.8 Å². The molecule has 1 heterocycles. The van der Waals surface area contributed by atoms with Gasteiger partial charge in [-0.25, -0.2) is 9.18 Å². The zero-order valence-electron chi connectivity index (χ0n) is 11.6. The number of thioether (sulfide) groups is 1. The number of hydrogen-bond acceptors (Lipinski definition) is 4. The number of benzene rings is 1. The SMILES string of the molecule is CSC(C)CN1C(=O)NC(=O)C(c2ccc(F)cc2)C1=O. The fourth-order valence-corrected chi connectivity index (χ4v) is 2.36. The van der Waals surface area contributed by atoms with Crippen LogP contribution in [0.4, 0.5) is 9.18 Å². The van der Waals surface area contributed by atoms with Gasteiger partial charge in [0.2, 0.25) is 11.8 Å². The molecule has 0 radical (unpaired) electrons. The van der Waals surface area contributed by atoms with Crippen LogP contribution in [0, 0.1) is 5.82 Å². The number of hydrogen-bond donors (Lipinski definition) is 1. The summed E-state index contributed by atoms with van der Waals surface area (Å²) < 4.78 is 13.0. The van der Waals surface area contributed by atoms with Crippen molar-refractivity contribution < 1.29 is 18.8 Å². The van der Waals surface area contributed by atoms with Crippen molar-refractivity contribution in [2.45, 2.75) is 18.1 Å². The molecule has 0 aromatic heterocycles. The summed E-state index contributed by atoms with van der Waals surface area (Å²) in [6.45, 7) is 2.10. The summed E-state index contributed by atoms with van der Waals surface area (Å²) in [5.41, 5.74) is 0.369. The zero-order chi connectivity index (χ0) is 15.6. The number of nitrogens with one attached hydrogen (secondary N) is 1. The monoisotopic (exact) mass is 310 g/mol. The Morgan fingerprint density at radius 3 is 2.48 bits per heavy atom. The lowest BCUT2D eigenvalue weighted by atomic mass is 9.95. The second kappa shape index (κ2) is 6.26. The molecular weight excluding hydrogens is 295 g/mol. The molecule has 1 saturated heterocycles. The molecule has 7 heteroatoms. The molecule has 2 unspecified atom stereocenters. The lowest BCUT2D eigenvalue weighted by molar-refractivity contribution is -0.138. The van der Waals surface area contributed by atoms with Crippen molar-refractivity contribution in [1.29, 1.82) is 0 Å². The fourth-order valence-electron chi connectivity index (χ4n) is 2.07. The van der Waals surface area contributed by atoms with Crippen LogP contribution in [0.25, 0.3) is 0 Å². The van der Waals surface area contributed by atoms with Gasteiger partial charge in [-0.3, -0.25) is 19.8 Å². The van der Waals surface area contributed by atoms with Crippen LogP contribution in [0.5, 0.6) is 0 Å². The Hall–Kier alpha value is -1.89. The van der Waals surface area contributed by atoms with Crippen molar-refractivity contribution in [3.63, 3.8) is 0 Å². The zero-order valence-corrected chi connectivity index (χ0v) is 12.4. The van der Waals surface area contributed by atoms with E-state index in [4.69, 9.17) is 0 Å². The summed E-state index contributed by atoms with van der Waals surface area (Å²) >= 11 is 1.51. The summed E-state index contributed by atoms with van der Waals surface area (Å²) in [6, 6.07) is 4.42. The van der Waals surface area contributed by atoms with Crippen LogP contribution in [0.2, 0.25) is 0 Å². The maximum atomic E-state index is 13.0. The first-order chi connectivity index (χ1) is 9.93. The van der Waals surface area contributed by atoms with Crippen LogP contribution in [0.3, 0.4) is 0 Å². The summed E-state index contributed by atoms with van der Waals surface area (Å²) in [4.78, 5) is 37.2. The minimum atomic E-state index is -1.11. The molecule has 4 amide bonds. The van der Waals surface area contributed by atoms with Crippen LogP contribution in [-0.2, 0) is 9.59 Å². The van der Waals surface area contributed by atoms with Gasteiger partial charge >= 0.3 is 6.03 Å². The van der Waals surface area contributed by atoms with Crippen molar-refractivity contribution >= 4 is 29.6 Å². The Morgan fingerprint density at radius 1 is 1.29 bits per heavy atom. The molecule has 21 heavy (non-hydrogen) atoms. The molecule has 0 spiro atoms. The first kappa shape index (κ1) is 15.5. The molecule has 0 saturated carbocycles. The van der Waals surface area contributed by atoms with Crippen molar-refractivity contribution in [3.8, 4) is 0 Å². The normalized spacial score (nSPS) is 20.4. The number of carbonyl (C=O) groups is 3. The van der Waals surface area contributed by atoms with Gasteiger partial charge in [-0.2, -0.15) is 11.8 Å².